The van der Waals surface area contributed by atoms with E-state index in [9.17, 15) is 19.1 Å². The van der Waals surface area contributed by atoms with E-state index in [-0.39, 0.29) is 28.4 Å². The maximum Gasteiger partial charge on any atom is 0.276 e. The van der Waals surface area contributed by atoms with Crippen molar-refractivity contribution in [3.8, 4) is 11.4 Å². The van der Waals surface area contributed by atoms with Crippen LogP contribution in [0.1, 0.15) is 34.8 Å². The Kier molecular flexibility index (Phi) is 4.78. The van der Waals surface area contributed by atoms with Gasteiger partial charge in [-0.25, -0.2) is 14.8 Å². The molecule has 0 unspecified atom stereocenters. The van der Waals surface area contributed by atoms with Crippen molar-refractivity contribution >= 4 is 23.0 Å². The molecule has 0 spiro atoms. The summed E-state index contributed by atoms with van der Waals surface area (Å²) in [6.07, 6.45) is 9.33. The van der Waals surface area contributed by atoms with E-state index in [1.165, 1.54) is 41.5 Å². The Balaban J connectivity index is 1.54. The molecule has 1 amide bonds. The molecular formula is C23H18FN5O3. The van der Waals surface area contributed by atoms with Crippen molar-refractivity contribution in [2.75, 3.05) is 0 Å². The molecule has 1 aliphatic rings. The monoisotopic (exact) mass is 431 g/mol. The van der Waals surface area contributed by atoms with Gasteiger partial charge < -0.3 is 14.2 Å². The normalized spacial score (nSPS) is 13.7. The fraction of sp³-hybridized carbons (Fsp3) is 0.130. The number of nitrogens with zero attached hydrogens (tertiary/aromatic N) is 4. The smallest absolute Gasteiger partial charge is 0.276 e. The zero-order valence-corrected chi connectivity index (χ0v) is 16.8. The summed E-state index contributed by atoms with van der Waals surface area (Å²) in [5.74, 6) is -1.21. The number of rotatable bonds is 5. The second kappa shape index (κ2) is 7.77. The van der Waals surface area contributed by atoms with E-state index in [1.807, 2.05) is 4.57 Å². The molecule has 2 N–H and O–H groups in total. The van der Waals surface area contributed by atoms with Gasteiger partial charge in [-0.2, -0.15) is 5.10 Å². The van der Waals surface area contributed by atoms with Crippen molar-refractivity contribution in [3.05, 3.63) is 88.5 Å². The van der Waals surface area contributed by atoms with E-state index in [4.69, 9.17) is 0 Å². The fourth-order valence-electron chi connectivity index (χ4n) is 3.61. The summed E-state index contributed by atoms with van der Waals surface area (Å²) in [4.78, 5) is 29.7. The van der Waals surface area contributed by atoms with Gasteiger partial charge in [-0.05, 0) is 42.7 Å². The lowest BCUT2D eigenvalue weighted by atomic mass is 10.1. The van der Waals surface area contributed by atoms with Crippen molar-refractivity contribution in [2.45, 2.75) is 18.9 Å². The minimum atomic E-state index is -0.693. The Bertz CT molecular complexity index is 1420. The third-order valence-electron chi connectivity index (χ3n) is 5.32. The number of benzene rings is 2. The summed E-state index contributed by atoms with van der Waals surface area (Å²) >= 11 is 0. The topological polar surface area (TPSA) is 102 Å². The van der Waals surface area contributed by atoms with E-state index < -0.39 is 17.2 Å². The Morgan fingerprint density at radius 3 is 2.84 bits per heavy atom. The molecular weight excluding hydrogens is 413 g/mol. The molecule has 9 heteroatoms. The Morgan fingerprint density at radius 2 is 2.12 bits per heavy atom. The van der Waals surface area contributed by atoms with Gasteiger partial charge >= 0.3 is 0 Å². The molecule has 5 rings (SSSR count). The fourth-order valence-corrected chi connectivity index (χ4v) is 3.61. The predicted molar refractivity (Wildman–Crippen MR) is 117 cm³/mol. The molecule has 2 aromatic carbocycles. The van der Waals surface area contributed by atoms with E-state index in [1.54, 1.807) is 30.6 Å². The summed E-state index contributed by atoms with van der Waals surface area (Å²) in [6, 6.07) is 9.25. The average Bonchev–Trinajstić information content (AvgIpc) is 3.47. The first-order valence-electron chi connectivity index (χ1n) is 10.0. The number of carbonyl (C=O) groups is 1. The van der Waals surface area contributed by atoms with Crippen LogP contribution < -0.4 is 10.9 Å². The van der Waals surface area contributed by atoms with Crippen LogP contribution in [0.2, 0.25) is 0 Å². The van der Waals surface area contributed by atoms with E-state index >= 15 is 0 Å². The highest BCUT2D eigenvalue weighted by Crippen LogP contribution is 2.37. The number of fused-ring (bicyclic) bond motifs is 1. The van der Waals surface area contributed by atoms with Gasteiger partial charge in [-0.15, -0.1) is 0 Å². The van der Waals surface area contributed by atoms with Crippen LogP contribution in [-0.4, -0.2) is 31.3 Å². The van der Waals surface area contributed by atoms with Crippen LogP contribution in [0.25, 0.3) is 16.6 Å². The highest BCUT2D eigenvalue weighted by Gasteiger charge is 2.27. The average molecular weight is 431 g/mol. The standard InChI is InChI=1S/C23H18FN5O3/c24-19-9-17-20(10-21(19)28-7-6-25-13-28)29(15-4-5-15)12-18(22(17)31)23(32)27-26-11-14-2-1-3-16(30)8-14/h1-3,6-13,15,30H,4-5H2,(H,27,32)/b26-11-. The number of phenolic OH excluding ortho intramolecular Hbond substituents is 1. The third kappa shape index (κ3) is 3.64. The van der Waals surface area contributed by atoms with Crippen LogP contribution in [0.5, 0.6) is 5.75 Å². The summed E-state index contributed by atoms with van der Waals surface area (Å²) in [5.41, 5.74) is 3.06. The molecule has 0 bridgehead atoms. The van der Waals surface area contributed by atoms with Crippen molar-refractivity contribution in [3.63, 3.8) is 0 Å². The van der Waals surface area contributed by atoms with Gasteiger partial charge in [0.25, 0.3) is 5.91 Å². The van der Waals surface area contributed by atoms with Crippen LogP contribution in [0.4, 0.5) is 4.39 Å². The summed E-state index contributed by atoms with van der Waals surface area (Å²) in [7, 11) is 0. The Hall–Kier alpha value is -4.27. The van der Waals surface area contributed by atoms with Crippen molar-refractivity contribution in [1.82, 2.24) is 19.5 Å². The third-order valence-corrected chi connectivity index (χ3v) is 5.32. The number of hydrogen-bond donors (Lipinski definition) is 2. The quantitative estimate of drug-likeness (QED) is 0.374. The zero-order valence-electron chi connectivity index (χ0n) is 16.8. The number of aromatic nitrogens is 3. The van der Waals surface area contributed by atoms with E-state index in [0.717, 1.165) is 12.8 Å². The Morgan fingerprint density at radius 1 is 1.28 bits per heavy atom. The van der Waals surface area contributed by atoms with Crippen molar-refractivity contribution in [1.29, 1.82) is 0 Å². The highest BCUT2D eigenvalue weighted by molar-refractivity contribution is 5.98. The van der Waals surface area contributed by atoms with Gasteiger partial charge in [0.1, 0.15) is 17.1 Å². The number of amides is 1. The van der Waals surface area contributed by atoms with Crippen LogP contribution in [0.3, 0.4) is 0 Å². The van der Waals surface area contributed by atoms with E-state index in [0.29, 0.717) is 11.1 Å². The highest BCUT2D eigenvalue weighted by atomic mass is 19.1. The van der Waals surface area contributed by atoms with Gasteiger partial charge in [0.2, 0.25) is 5.43 Å². The van der Waals surface area contributed by atoms with Gasteiger partial charge in [-0.3, -0.25) is 9.59 Å². The number of carbonyl (C=O) groups excluding carboxylic acids is 1. The number of aromatic hydroxyl groups is 1. The number of nitrogens with one attached hydrogen (secondary N) is 1. The zero-order chi connectivity index (χ0) is 22.2. The lowest BCUT2D eigenvalue weighted by molar-refractivity contribution is 0.0953. The van der Waals surface area contributed by atoms with Crippen LogP contribution in [-0.2, 0) is 0 Å². The first kappa shape index (κ1) is 19.7. The second-order valence-electron chi connectivity index (χ2n) is 7.60. The summed E-state index contributed by atoms with van der Waals surface area (Å²) in [5, 5.41) is 13.5. The van der Waals surface area contributed by atoms with Crippen molar-refractivity contribution < 1.29 is 14.3 Å². The molecule has 8 nitrogen and oxygen atoms in total. The summed E-state index contributed by atoms with van der Waals surface area (Å²) < 4.78 is 18.2. The number of halogens is 1. The predicted octanol–water partition coefficient (Wildman–Crippen LogP) is 3.13. The van der Waals surface area contributed by atoms with Crippen LogP contribution in [0.15, 0.2) is 71.2 Å². The van der Waals surface area contributed by atoms with Crippen LogP contribution in [0, 0.1) is 5.82 Å². The first-order chi connectivity index (χ1) is 15.5. The molecule has 32 heavy (non-hydrogen) atoms. The minimum Gasteiger partial charge on any atom is -0.508 e. The molecule has 0 aliphatic heterocycles. The molecule has 2 heterocycles. The number of hydrogen-bond acceptors (Lipinski definition) is 5. The SMILES string of the molecule is O=C(N/N=C\c1cccc(O)c1)c1cn(C2CC2)c2cc(-n3ccnc3)c(F)cc2c1=O. The van der Waals surface area contributed by atoms with Gasteiger partial charge in [-0.1, -0.05) is 12.1 Å². The lowest BCUT2D eigenvalue weighted by Gasteiger charge is -2.14. The number of pyridine rings is 1. The molecule has 0 saturated heterocycles. The summed E-state index contributed by atoms with van der Waals surface area (Å²) in [6.45, 7) is 0. The molecule has 2 aromatic heterocycles. The second-order valence-corrected chi connectivity index (χ2v) is 7.60. The lowest BCUT2D eigenvalue weighted by Crippen LogP contribution is -2.27. The molecule has 160 valence electrons. The first-order valence-corrected chi connectivity index (χ1v) is 10.0. The number of imidazole rings is 1. The molecule has 1 saturated carbocycles. The van der Waals surface area contributed by atoms with E-state index in [2.05, 4.69) is 15.5 Å². The number of phenols is 1. The number of hydrazone groups is 1. The molecule has 4 aromatic rings. The van der Waals surface area contributed by atoms with Crippen molar-refractivity contribution in [2.24, 2.45) is 5.10 Å². The maximum atomic E-state index is 14.8. The molecule has 1 aliphatic carbocycles. The molecule has 1 fully saturated rings. The Labute approximate surface area is 181 Å². The van der Waals surface area contributed by atoms with Gasteiger partial charge in [0.05, 0.1) is 23.7 Å². The molecule has 0 radical (unpaired) electrons. The molecule has 0 atom stereocenters. The minimum absolute atomic E-state index is 0.0687. The largest absolute Gasteiger partial charge is 0.508 e. The van der Waals surface area contributed by atoms with Gasteiger partial charge in [0.15, 0.2) is 0 Å². The van der Waals surface area contributed by atoms with Crippen LogP contribution >= 0.6 is 0 Å². The maximum absolute atomic E-state index is 14.8. The van der Waals surface area contributed by atoms with Gasteiger partial charge in [0, 0.05) is 30.0 Å².